The van der Waals surface area contributed by atoms with Gasteiger partial charge in [-0.05, 0) is 62.3 Å². The van der Waals surface area contributed by atoms with E-state index in [1.807, 2.05) is 30.3 Å². The summed E-state index contributed by atoms with van der Waals surface area (Å²) in [6.45, 7) is 2.49. The zero-order chi connectivity index (χ0) is 18.6. The fraction of sp³-hybridized carbons (Fsp3) is 0.286. The average Bonchev–Trinajstić information content (AvgIpc) is 3.44. The Morgan fingerprint density at radius 3 is 2.67 bits per heavy atom. The summed E-state index contributed by atoms with van der Waals surface area (Å²) < 4.78 is 11.3. The molecule has 3 aromatic rings. The number of nitrogens with one attached hydrogen (secondary N) is 1. The highest BCUT2D eigenvalue weighted by atomic mass is 35.5. The smallest absolute Gasteiger partial charge is 0.287 e. The number of amides is 1. The summed E-state index contributed by atoms with van der Waals surface area (Å²) in [6, 6.07) is 14.7. The molecule has 4 rings (SSSR count). The molecule has 1 aliphatic rings. The maximum atomic E-state index is 12.6. The Labute approximate surface area is 162 Å². The van der Waals surface area contributed by atoms with E-state index >= 15 is 0 Å². The topological polar surface area (TPSA) is 58.6 Å². The molecule has 1 unspecified atom stereocenters. The van der Waals surface area contributed by atoms with E-state index < -0.39 is 0 Å². The maximum absolute atomic E-state index is 12.6. The molecule has 1 atom stereocenters. The predicted octanol–water partition coefficient (Wildman–Crippen LogP) is 4.76. The molecule has 0 bridgehead atoms. The van der Waals surface area contributed by atoms with Crippen molar-refractivity contribution < 1.29 is 13.6 Å². The van der Waals surface area contributed by atoms with Crippen LogP contribution in [0.3, 0.4) is 0 Å². The fourth-order valence-corrected chi connectivity index (χ4v) is 3.71. The second-order valence-corrected chi connectivity index (χ2v) is 7.04. The summed E-state index contributed by atoms with van der Waals surface area (Å²) in [7, 11) is 0. The maximum Gasteiger partial charge on any atom is 0.287 e. The van der Waals surface area contributed by atoms with Gasteiger partial charge in [-0.3, -0.25) is 9.69 Å². The van der Waals surface area contributed by atoms with Crippen molar-refractivity contribution in [2.45, 2.75) is 18.9 Å². The first kappa shape index (κ1) is 17.9. The number of hydrogen-bond acceptors (Lipinski definition) is 4. The molecule has 2 aromatic heterocycles. The van der Waals surface area contributed by atoms with Crippen molar-refractivity contribution in [3.05, 3.63) is 71.3 Å². The SMILES string of the molecule is O=C(NCC(c1ccco1)N1CCCC1)c1ccc(-c2ccccc2Cl)o1. The van der Waals surface area contributed by atoms with Crippen molar-refractivity contribution >= 4 is 17.5 Å². The van der Waals surface area contributed by atoms with Gasteiger partial charge >= 0.3 is 0 Å². The minimum Gasteiger partial charge on any atom is -0.468 e. The first-order valence-electron chi connectivity index (χ1n) is 9.13. The highest BCUT2D eigenvalue weighted by Gasteiger charge is 2.26. The summed E-state index contributed by atoms with van der Waals surface area (Å²) in [5.74, 6) is 1.47. The van der Waals surface area contributed by atoms with E-state index in [9.17, 15) is 4.79 Å². The van der Waals surface area contributed by atoms with Gasteiger partial charge in [0.05, 0.1) is 17.3 Å². The van der Waals surface area contributed by atoms with Crippen LogP contribution < -0.4 is 5.32 Å². The molecule has 1 N–H and O–H groups in total. The Balaban J connectivity index is 1.45. The summed E-state index contributed by atoms with van der Waals surface area (Å²) >= 11 is 6.20. The molecule has 1 fully saturated rings. The molecule has 1 aliphatic heterocycles. The van der Waals surface area contributed by atoms with Gasteiger partial charge in [-0.1, -0.05) is 23.7 Å². The Hall–Kier alpha value is -2.50. The van der Waals surface area contributed by atoms with Crippen molar-refractivity contribution in [3.8, 4) is 11.3 Å². The lowest BCUT2D eigenvalue weighted by Crippen LogP contribution is -2.36. The summed E-state index contributed by atoms with van der Waals surface area (Å²) in [4.78, 5) is 14.9. The molecule has 27 heavy (non-hydrogen) atoms. The Bertz CT molecular complexity index is 898. The highest BCUT2D eigenvalue weighted by molar-refractivity contribution is 6.33. The van der Waals surface area contributed by atoms with Crippen molar-refractivity contribution in [3.63, 3.8) is 0 Å². The number of nitrogens with zero attached hydrogens (tertiary/aromatic N) is 1. The number of halogens is 1. The Kier molecular flexibility index (Phi) is 5.32. The first-order chi connectivity index (χ1) is 13.2. The van der Waals surface area contributed by atoms with Crippen molar-refractivity contribution in [1.82, 2.24) is 10.2 Å². The van der Waals surface area contributed by atoms with Gasteiger partial charge in [0.1, 0.15) is 11.5 Å². The molecule has 1 amide bonds. The van der Waals surface area contributed by atoms with Crippen LogP contribution in [0.1, 0.15) is 35.2 Å². The molecule has 0 saturated carbocycles. The molecular weight excluding hydrogens is 364 g/mol. The monoisotopic (exact) mass is 384 g/mol. The zero-order valence-corrected chi connectivity index (χ0v) is 15.6. The predicted molar refractivity (Wildman–Crippen MR) is 104 cm³/mol. The van der Waals surface area contributed by atoms with Crippen molar-refractivity contribution in [2.24, 2.45) is 0 Å². The van der Waals surface area contributed by atoms with Gasteiger partial charge < -0.3 is 14.2 Å². The van der Waals surface area contributed by atoms with Gasteiger partial charge in [-0.2, -0.15) is 0 Å². The number of hydrogen-bond donors (Lipinski definition) is 1. The summed E-state index contributed by atoms with van der Waals surface area (Å²) in [6.07, 6.45) is 4.01. The molecule has 140 valence electrons. The number of carbonyl (C=O) groups excluding carboxylic acids is 1. The van der Waals surface area contributed by atoms with Gasteiger partial charge in [0.2, 0.25) is 0 Å². The molecule has 0 spiro atoms. The van der Waals surface area contributed by atoms with Crippen LogP contribution in [-0.2, 0) is 0 Å². The van der Waals surface area contributed by atoms with Crippen molar-refractivity contribution in [1.29, 1.82) is 0 Å². The minimum absolute atomic E-state index is 0.0319. The van der Waals surface area contributed by atoms with Crippen LogP contribution in [0.2, 0.25) is 5.02 Å². The van der Waals surface area contributed by atoms with Gasteiger partial charge in [-0.15, -0.1) is 0 Å². The molecule has 1 aromatic carbocycles. The third-order valence-electron chi connectivity index (χ3n) is 4.88. The van der Waals surface area contributed by atoms with Crippen molar-refractivity contribution in [2.75, 3.05) is 19.6 Å². The minimum atomic E-state index is -0.246. The Morgan fingerprint density at radius 1 is 1.11 bits per heavy atom. The van der Waals surface area contributed by atoms with Crippen LogP contribution in [0.15, 0.2) is 63.6 Å². The lowest BCUT2D eigenvalue weighted by molar-refractivity contribution is 0.0907. The van der Waals surface area contributed by atoms with Crippen LogP contribution in [-0.4, -0.2) is 30.4 Å². The molecular formula is C21H21ClN2O3. The van der Waals surface area contributed by atoms with Gasteiger partial charge in [0.15, 0.2) is 5.76 Å². The third kappa shape index (κ3) is 3.94. The van der Waals surface area contributed by atoms with Crippen LogP contribution in [0.5, 0.6) is 0 Å². The van der Waals surface area contributed by atoms with E-state index in [2.05, 4.69) is 10.2 Å². The van der Waals surface area contributed by atoms with Crippen LogP contribution in [0, 0.1) is 0 Å². The van der Waals surface area contributed by atoms with E-state index in [4.69, 9.17) is 20.4 Å². The first-order valence-corrected chi connectivity index (χ1v) is 9.50. The fourth-order valence-electron chi connectivity index (χ4n) is 3.49. The van der Waals surface area contributed by atoms with Crippen LogP contribution in [0.4, 0.5) is 0 Å². The molecule has 1 saturated heterocycles. The van der Waals surface area contributed by atoms with Gasteiger partial charge in [0, 0.05) is 12.1 Å². The molecule has 6 heteroatoms. The summed E-state index contributed by atoms with van der Waals surface area (Å²) in [5.41, 5.74) is 0.767. The number of carbonyl (C=O) groups is 1. The standard InChI is InChI=1S/C21H21ClN2O3/c22-16-7-2-1-6-15(16)18-9-10-20(27-18)21(25)23-14-17(19-8-5-13-26-19)24-11-3-4-12-24/h1-2,5-10,13,17H,3-4,11-12,14H2,(H,23,25). The quantitative estimate of drug-likeness (QED) is 0.665. The molecule has 5 nitrogen and oxygen atoms in total. The number of furan rings is 2. The normalized spacial score (nSPS) is 15.7. The number of likely N-dealkylation sites (tertiary alicyclic amines) is 1. The summed E-state index contributed by atoms with van der Waals surface area (Å²) in [5, 5.41) is 3.56. The molecule has 0 radical (unpaired) electrons. The number of benzene rings is 1. The third-order valence-corrected chi connectivity index (χ3v) is 5.21. The second kappa shape index (κ2) is 8.03. The largest absolute Gasteiger partial charge is 0.468 e. The van der Waals surface area contributed by atoms with E-state index in [0.29, 0.717) is 17.3 Å². The second-order valence-electron chi connectivity index (χ2n) is 6.63. The Morgan fingerprint density at radius 2 is 1.93 bits per heavy atom. The van der Waals surface area contributed by atoms with E-state index in [1.165, 1.54) is 12.8 Å². The van der Waals surface area contributed by atoms with Crippen LogP contribution in [0.25, 0.3) is 11.3 Å². The molecule has 3 heterocycles. The van der Waals surface area contributed by atoms with E-state index in [-0.39, 0.29) is 17.7 Å². The highest BCUT2D eigenvalue weighted by Crippen LogP contribution is 2.29. The van der Waals surface area contributed by atoms with Gasteiger partial charge in [-0.25, -0.2) is 0 Å². The zero-order valence-electron chi connectivity index (χ0n) is 14.9. The lowest BCUT2D eigenvalue weighted by Gasteiger charge is -2.25. The van der Waals surface area contributed by atoms with Gasteiger partial charge in [0.25, 0.3) is 5.91 Å². The molecule has 0 aliphatic carbocycles. The number of rotatable bonds is 6. The van der Waals surface area contributed by atoms with Crippen LogP contribution >= 0.6 is 11.6 Å². The lowest BCUT2D eigenvalue weighted by atomic mass is 10.2. The van der Waals surface area contributed by atoms with E-state index in [1.54, 1.807) is 24.5 Å². The van der Waals surface area contributed by atoms with E-state index in [0.717, 1.165) is 24.4 Å². The average molecular weight is 385 g/mol.